The van der Waals surface area contributed by atoms with Crippen molar-refractivity contribution in [1.82, 2.24) is 15.5 Å². The molecular formula is C19H25N3O5S. The lowest BCUT2D eigenvalue weighted by molar-refractivity contribution is -0.144. The van der Waals surface area contributed by atoms with E-state index in [1.807, 2.05) is 0 Å². The SMILES string of the molecule is COC(=O)C[C@H]1C(=O)NCCN1C(=S)NC(=O)c1ccc(OCC(C)C)cc1. The van der Waals surface area contributed by atoms with Gasteiger partial charge in [-0.1, -0.05) is 13.8 Å². The largest absolute Gasteiger partial charge is 0.493 e. The highest BCUT2D eigenvalue weighted by molar-refractivity contribution is 7.80. The molecule has 1 fully saturated rings. The number of amides is 2. The molecule has 152 valence electrons. The Bertz CT molecular complexity index is 736. The van der Waals surface area contributed by atoms with Crippen LogP contribution in [0.15, 0.2) is 24.3 Å². The molecule has 0 bridgehead atoms. The fraction of sp³-hybridized carbons (Fsp3) is 0.474. The molecule has 1 aliphatic heterocycles. The van der Waals surface area contributed by atoms with Crippen LogP contribution in [0.1, 0.15) is 30.6 Å². The van der Waals surface area contributed by atoms with Crippen molar-refractivity contribution in [3.8, 4) is 5.75 Å². The van der Waals surface area contributed by atoms with Crippen molar-refractivity contribution in [2.45, 2.75) is 26.3 Å². The first-order valence-electron chi connectivity index (χ1n) is 9.01. The van der Waals surface area contributed by atoms with Crippen LogP contribution in [-0.4, -0.2) is 60.6 Å². The van der Waals surface area contributed by atoms with E-state index in [-0.39, 0.29) is 17.4 Å². The van der Waals surface area contributed by atoms with Crippen LogP contribution in [0.5, 0.6) is 5.75 Å². The van der Waals surface area contributed by atoms with E-state index in [2.05, 4.69) is 29.2 Å². The van der Waals surface area contributed by atoms with Gasteiger partial charge in [-0.2, -0.15) is 0 Å². The number of carbonyl (C=O) groups excluding carboxylic acids is 3. The number of nitrogens with zero attached hydrogens (tertiary/aromatic N) is 1. The van der Waals surface area contributed by atoms with Crippen LogP contribution in [0.25, 0.3) is 0 Å². The van der Waals surface area contributed by atoms with E-state index in [4.69, 9.17) is 17.0 Å². The lowest BCUT2D eigenvalue weighted by atomic mass is 10.1. The van der Waals surface area contributed by atoms with Gasteiger partial charge < -0.3 is 19.7 Å². The third-order valence-electron chi connectivity index (χ3n) is 4.10. The third kappa shape index (κ3) is 5.91. The molecule has 0 aromatic heterocycles. The second-order valence-corrected chi connectivity index (χ2v) is 7.16. The van der Waals surface area contributed by atoms with Gasteiger partial charge in [0.25, 0.3) is 5.91 Å². The minimum Gasteiger partial charge on any atom is -0.493 e. The summed E-state index contributed by atoms with van der Waals surface area (Å²) in [6.45, 7) is 5.45. The number of methoxy groups -OCH3 is 1. The number of rotatable bonds is 6. The van der Waals surface area contributed by atoms with Gasteiger partial charge in [0, 0.05) is 18.7 Å². The first-order chi connectivity index (χ1) is 13.3. The van der Waals surface area contributed by atoms with Crippen LogP contribution >= 0.6 is 12.2 Å². The average molecular weight is 407 g/mol. The van der Waals surface area contributed by atoms with E-state index in [1.165, 1.54) is 12.0 Å². The zero-order valence-electron chi connectivity index (χ0n) is 16.2. The number of benzene rings is 1. The maximum atomic E-state index is 12.5. The quantitative estimate of drug-likeness (QED) is 0.538. The second-order valence-electron chi connectivity index (χ2n) is 6.77. The van der Waals surface area contributed by atoms with E-state index in [0.717, 1.165) is 0 Å². The normalized spacial score (nSPS) is 16.4. The second kappa shape index (κ2) is 10.0. The summed E-state index contributed by atoms with van der Waals surface area (Å²) in [5, 5.41) is 5.40. The van der Waals surface area contributed by atoms with Crippen molar-refractivity contribution in [2.75, 3.05) is 26.8 Å². The van der Waals surface area contributed by atoms with Gasteiger partial charge in [0.2, 0.25) is 5.91 Å². The number of hydrogen-bond donors (Lipinski definition) is 2. The molecule has 1 atom stereocenters. The Kier molecular flexibility index (Phi) is 7.74. The van der Waals surface area contributed by atoms with Crippen molar-refractivity contribution < 1.29 is 23.9 Å². The fourth-order valence-corrected chi connectivity index (χ4v) is 2.92. The Balaban J connectivity index is 2.00. The maximum Gasteiger partial charge on any atom is 0.308 e. The molecule has 1 aromatic carbocycles. The molecule has 1 aromatic rings. The number of piperazine rings is 1. The van der Waals surface area contributed by atoms with E-state index in [0.29, 0.717) is 36.9 Å². The van der Waals surface area contributed by atoms with E-state index >= 15 is 0 Å². The van der Waals surface area contributed by atoms with E-state index < -0.39 is 17.9 Å². The summed E-state index contributed by atoms with van der Waals surface area (Å²) in [6.07, 6.45) is -0.153. The van der Waals surface area contributed by atoms with Gasteiger partial charge in [0.15, 0.2) is 5.11 Å². The Hall–Kier alpha value is -2.68. The van der Waals surface area contributed by atoms with Crippen molar-refractivity contribution in [3.63, 3.8) is 0 Å². The molecule has 1 aliphatic rings. The Labute approximate surface area is 169 Å². The van der Waals surface area contributed by atoms with Crippen molar-refractivity contribution in [1.29, 1.82) is 0 Å². The summed E-state index contributed by atoms with van der Waals surface area (Å²) < 4.78 is 10.2. The topological polar surface area (TPSA) is 97.0 Å². The van der Waals surface area contributed by atoms with Gasteiger partial charge in [-0.15, -0.1) is 0 Å². The van der Waals surface area contributed by atoms with E-state index in [1.54, 1.807) is 24.3 Å². The highest BCUT2D eigenvalue weighted by Crippen LogP contribution is 2.14. The zero-order valence-corrected chi connectivity index (χ0v) is 17.0. The predicted molar refractivity (Wildman–Crippen MR) is 107 cm³/mol. The number of esters is 1. The molecule has 0 unspecified atom stereocenters. The summed E-state index contributed by atoms with van der Waals surface area (Å²) >= 11 is 5.30. The van der Waals surface area contributed by atoms with Crippen LogP contribution in [0.3, 0.4) is 0 Å². The molecule has 1 heterocycles. The minimum atomic E-state index is -0.819. The van der Waals surface area contributed by atoms with Crippen LogP contribution < -0.4 is 15.4 Å². The maximum absolute atomic E-state index is 12.5. The van der Waals surface area contributed by atoms with Gasteiger partial charge in [-0.25, -0.2) is 0 Å². The van der Waals surface area contributed by atoms with Crippen LogP contribution in [-0.2, 0) is 14.3 Å². The van der Waals surface area contributed by atoms with Crippen LogP contribution in [0.2, 0.25) is 0 Å². The summed E-state index contributed by atoms with van der Waals surface area (Å²) in [5.41, 5.74) is 0.408. The summed E-state index contributed by atoms with van der Waals surface area (Å²) in [7, 11) is 1.25. The van der Waals surface area contributed by atoms with Crippen molar-refractivity contribution >= 4 is 35.1 Å². The summed E-state index contributed by atoms with van der Waals surface area (Å²) in [5.74, 6) is -0.181. The number of hydrogen-bond acceptors (Lipinski definition) is 6. The lowest BCUT2D eigenvalue weighted by Gasteiger charge is -2.36. The highest BCUT2D eigenvalue weighted by Gasteiger charge is 2.34. The number of ether oxygens (including phenoxy) is 2. The van der Waals surface area contributed by atoms with Gasteiger partial charge in [-0.3, -0.25) is 19.7 Å². The monoisotopic (exact) mass is 407 g/mol. The molecule has 2 N–H and O–H groups in total. The van der Waals surface area contributed by atoms with Gasteiger partial charge in [0.05, 0.1) is 20.1 Å². The van der Waals surface area contributed by atoms with Crippen LogP contribution in [0, 0.1) is 5.92 Å². The van der Waals surface area contributed by atoms with Gasteiger partial charge in [0.1, 0.15) is 11.8 Å². The highest BCUT2D eigenvalue weighted by atomic mass is 32.1. The minimum absolute atomic E-state index is 0.0916. The first-order valence-corrected chi connectivity index (χ1v) is 9.42. The van der Waals surface area contributed by atoms with Crippen molar-refractivity contribution in [2.24, 2.45) is 5.92 Å². The molecule has 0 spiro atoms. The van der Waals surface area contributed by atoms with Crippen LogP contribution in [0.4, 0.5) is 0 Å². The summed E-state index contributed by atoms with van der Waals surface area (Å²) in [4.78, 5) is 37.7. The number of thiocarbonyl (C=S) groups is 1. The van der Waals surface area contributed by atoms with E-state index in [9.17, 15) is 14.4 Å². The molecule has 9 heteroatoms. The molecule has 0 aliphatic carbocycles. The zero-order chi connectivity index (χ0) is 20.7. The first kappa shape index (κ1) is 21.6. The molecule has 2 rings (SSSR count). The molecule has 28 heavy (non-hydrogen) atoms. The predicted octanol–water partition coefficient (Wildman–Crippen LogP) is 1.10. The standard InChI is InChI=1S/C19H25N3O5S/c1-12(2)11-27-14-6-4-13(5-7-14)17(24)21-19(28)22-9-8-20-18(25)15(22)10-16(23)26-3/h4-7,12,15H,8-11H2,1-3H3,(H,20,25)(H,21,24,28)/t15-/m0/s1. The van der Waals surface area contributed by atoms with Gasteiger partial charge in [-0.05, 0) is 42.4 Å². The summed E-state index contributed by atoms with van der Waals surface area (Å²) in [6, 6.07) is 5.90. The molecule has 0 saturated carbocycles. The van der Waals surface area contributed by atoms with Gasteiger partial charge >= 0.3 is 5.97 Å². The lowest BCUT2D eigenvalue weighted by Crippen LogP contribution is -2.60. The number of nitrogens with one attached hydrogen (secondary N) is 2. The smallest absolute Gasteiger partial charge is 0.308 e. The molecular weight excluding hydrogens is 382 g/mol. The molecule has 0 radical (unpaired) electrons. The third-order valence-corrected chi connectivity index (χ3v) is 4.44. The molecule has 1 saturated heterocycles. The number of carbonyl (C=O) groups is 3. The molecule has 2 amide bonds. The average Bonchev–Trinajstić information content (AvgIpc) is 2.67. The fourth-order valence-electron chi connectivity index (χ4n) is 2.61. The van der Waals surface area contributed by atoms with Crippen molar-refractivity contribution in [3.05, 3.63) is 29.8 Å². The Morgan fingerprint density at radius 3 is 2.61 bits per heavy atom. The Morgan fingerprint density at radius 1 is 1.32 bits per heavy atom. The molecule has 8 nitrogen and oxygen atoms in total. The Morgan fingerprint density at radius 2 is 2.00 bits per heavy atom.